The molecule has 68 heavy (non-hydrogen) atoms. The number of hydrogen-bond donors (Lipinski definition) is 5. The number of hydrogen-bond acceptors (Lipinski definition) is 10. The fourth-order valence-electron chi connectivity index (χ4n) is 7.91. The van der Waals surface area contributed by atoms with Gasteiger partial charge in [-0.15, -0.1) is 0 Å². The molecule has 19 heteroatoms. The first-order valence-electron chi connectivity index (χ1n) is 24.1. The lowest BCUT2D eigenvalue weighted by Crippen LogP contribution is -2.63. The van der Waals surface area contributed by atoms with Gasteiger partial charge in [-0.05, 0) is 82.5 Å². The lowest BCUT2D eigenvalue weighted by Gasteiger charge is -2.41. The van der Waals surface area contributed by atoms with Gasteiger partial charge in [0.1, 0.15) is 48.8 Å². The van der Waals surface area contributed by atoms with Crippen LogP contribution in [-0.2, 0) is 43.2 Å². The third-order valence-electron chi connectivity index (χ3n) is 12.1. The van der Waals surface area contributed by atoms with E-state index in [0.29, 0.717) is 18.8 Å². The van der Waals surface area contributed by atoms with E-state index in [1.165, 1.54) is 63.8 Å². The number of allylic oxidation sites excluding steroid dienone is 2. The number of nitrogens with zero attached hydrogens (tertiary/aromatic N) is 5. The average molecular weight is 965 g/mol. The Kier molecular flexibility index (Phi) is 27.5. The van der Waals surface area contributed by atoms with Crippen molar-refractivity contribution in [1.82, 2.24) is 40.4 Å². The molecule has 0 heterocycles. The molecule has 0 aromatic heterocycles. The average Bonchev–Trinajstić information content (AvgIpc) is 3.25. The number of carboxylic acids is 1. The van der Waals surface area contributed by atoms with E-state index in [4.69, 9.17) is 0 Å². The number of aliphatic hydroxyl groups is 1. The maximum absolute atomic E-state index is 14.8. The topological polar surface area (TPSA) is 246 Å². The lowest BCUT2D eigenvalue weighted by molar-refractivity contribution is -0.157. The second kappa shape index (κ2) is 29.7. The number of carboxylic acid groups (broad SMARTS) is 1. The quantitative estimate of drug-likeness (QED) is 0.0683. The number of carbonyl (C=O) groups excluding carboxylic acids is 8. The van der Waals surface area contributed by atoms with E-state index in [1.54, 1.807) is 46.8 Å². The molecule has 0 aliphatic rings. The Morgan fingerprint density at radius 1 is 0.574 bits per heavy atom. The summed E-state index contributed by atoms with van der Waals surface area (Å²) in [7, 11) is 7.00. The molecule has 0 saturated heterocycles. The molecule has 0 aliphatic heterocycles. The van der Waals surface area contributed by atoms with Gasteiger partial charge in [0, 0.05) is 41.7 Å². The summed E-state index contributed by atoms with van der Waals surface area (Å²) < 4.78 is 0. The fourth-order valence-corrected chi connectivity index (χ4v) is 7.91. The van der Waals surface area contributed by atoms with Crippen LogP contribution in [0.2, 0.25) is 0 Å². The number of aliphatic hydroxyl groups excluding tert-OH is 1. The van der Waals surface area contributed by atoms with Crippen molar-refractivity contribution in [3.8, 4) is 0 Å². The number of rotatable bonds is 29. The fraction of sp³-hybridized carbons (Fsp3) is 0.776. The highest BCUT2D eigenvalue weighted by molar-refractivity contribution is 5.98. The van der Waals surface area contributed by atoms with Gasteiger partial charge in [0.05, 0.1) is 6.10 Å². The second-order valence-electron chi connectivity index (χ2n) is 20.0. The first-order chi connectivity index (χ1) is 31.4. The highest BCUT2D eigenvalue weighted by atomic mass is 16.4. The predicted molar refractivity (Wildman–Crippen MR) is 261 cm³/mol. The highest BCUT2D eigenvalue weighted by Crippen LogP contribution is 2.24. The van der Waals surface area contributed by atoms with E-state index < -0.39 is 114 Å². The molecule has 5 N–H and O–H groups in total. The minimum Gasteiger partial charge on any atom is -0.480 e. The molecule has 0 radical (unpaired) electrons. The Morgan fingerprint density at radius 2 is 1.06 bits per heavy atom. The molecule has 0 fully saturated rings. The van der Waals surface area contributed by atoms with Crippen LogP contribution in [-0.4, -0.2) is 178 Å². The summed E-state index contributed by atoms with van der Waals surface area (Å²) in [6, 6.07) is -8.12. The molecule has 19 nitrogen and oxygen atoms in total. The number of aliphatic carboxylic acids is 1. The van der Waals surface area contributed by atoms with Crippen LogP contribution in [0.1, 0.15) is 129 Å². The Morgan fingerprint density at radius 3 is 1.50 bits per heavy atom. The Labute approximate surface area is 406 Å². The highest BCUT2D eigenvalue weighted by Gasteiger charge is 2.44. The molecule has 0 saturated carbocycles. The molecule has 0 bridgehead atoms. The van der Waals surface area contributed by atoms with Gasteiger partial charge >= 0.3 is 5.97 Å². The van der Waals surface area contributed by atoms with Crippen molar-refractivity contribution in [2.75, 3.05) is 41.8 Å². The summed E-state index contributed by atoms with van der Waals surface area (Å²) in [6.45, 7) is 22.5. The minimum atomic E-state index is -1.55. The molecule has 0 spiro atoms. The first-order valence-corrected chi connectivity index (χ1v) is 24.1. The molecule has 9 atom stereocenters. The van der Waals surface area contributed by atoms with Crippen molar-refractivity contribution >= 4 is 53.2 Å². The normalized spacial score (nSPS) is 15.6. The van der Waals surface area contributed by atoms with Gasteiger partial charge in [0.25, 0.3) is 0 Å². The van der Waals surface area contributed by atoms with Crippen molar-refractivity contribution in [1.29, 1.82) is 0 Å². The minimum absolute atomic E-state index is 0.0784. The Hall–Kier alpha value is -5.07. The molecule has 390 valence electrons. The zero-order valence-corrected chi connectivity index (χ0v) is 44.4. The molecule has 0 aromatic carbocycles. The first kappa shape index (κ1) is 62.9. The van der Waals surface area contributed by atoms with E-state index >= 15 is 0 Å². The SMILES string of the molecule is C/C=C/C[C@@H](C)[C@@H](O)[C@@H](C(=O)N[C@@H](CC)C(=O)N(C)CC(=O)O)N(C)C(=O)[C@H](C(C)C)N(C)C(=O)[C@H](CC(C)C)N(C)C(=O)[C@H](CC(C)C)N(C)C(=O)C(C)NC(=O)[C@@H](C)NC(=O)CCC(C)C. The maximum atomic E-state index is 14.8. The molecule has 0 rings (SSSR count). The Balaban J connectivity index is 6.93. The van der Waals surface area contributed by atoms with Gasteiger partial charge in [0.15, 0.2) is 0 Å². The van der Waals surface area contributed by atoms with Crippen LogP contribution in [0.25, 0.3) is 0 Å². The summed E-state index contributed by atoms with van der Waals surface area (Å²) >= 11 is 0. The molecule has 8 amide bonds. The van der Waals surface area contributed by atoms with Crippen LogP contribution >= 0.6 is 0 Å². The standard InChI is InChI=1S/C49H88N8O11/c1-19-21-22-32(11)42(61)41(44(63)52-35(20-2)46(65)53(14)27-39(59)60)57(18)49(68)40(31(9)10)56(17)48(67)37(26-30(7)8)55(16)47(66)36(25-29(5)6)54(15)45(64)34(13)51-43(62)33(12)50-38(58)24-23-28(3)4/h19,21,28-37,40-42,61H,20,22-27H2,1-18H3,(H,50,58)(H,51,62)(H,52,63)(H,59,60)/b21-19+/t32-,33-,34?,35+,36+,37+,40+,41+,42-/m1/s1. The molecule has 0 aliphatic carbocycles. The Bertz CT molecular complexity index is 1740. The zero-order chi connectivity index (χ0) is 53.1. The van der Waals surface area contributed by atoms with E-state index in [-0.39, 0.29) is 43.4 Å². The second-order valence-corrected chi connectivity index (χ2v) is 20.0. The molecular weight excluding hydrogens is 877 g/mol. The summed E-state index contributed by atoms with van der Waals surface area (Å²) in [5.41, 5.74) is 0. The van der Waals surface area contributed by atoms with Crippen molar-refractivity contribution < 1.29 is 53.4 Å². The van der Waals surface area contributed by atoms with Crippen molar-refractivity contribution in [3.05, 3.63) is 12.2 Å². The number of carbonyl (C=O) groups is 9. The van der Waals surface area contributed by atoms with Gasteiger partial charge < -0.3 is 50.7 Å². The van der Waals surface area contributed by atoms with Gasteiger partial charge in [-0.2, -0.15) is 0 Å². The van der Waals surface area contributed by atoms with E-state index in [2.05, 4.69) is 16.0 Å². The third kappa shape index (κ3) is 19.5. The number of likely N-dealkylation sites (N-methyl/N-ethyl adjacent to an activating group) is 5. The van der Waals surface area contributed by atoms with E-state index in [1.807, 2.05) is 41.5 Å². The monoisotopic (exact) mass is 965 g/mol. The van der Waals surface area contributed by atoms with E-state index in [0.717, 1.165) is 9.80 Å². The van der Waals surface area contributed by atoms with Gasteiger partial charge in [-0.1, -0.05) is 81.4 Å². The number of nitrogens with one attached hydrogen (secondary N) is 3. The van der Waals surface area contributed by atoms with Crippen LogP contribution in [0.4, 0.5) is 0 Å². The van der Waals surface area contributed by atoms with Gasteiger partial charge in [-0.3, -0.25) is 43.2 Å². The summed E-state index contributed by atoms with van der Waals surface area (Å²) in [4.78, 5) is 128. The third-order valence-corrected chi connectivity index (χ3v) is 12.1. The smallest absolute Gasteiger partial charge is 0.323 e. The summed E-state index contributed by atoms with van der Waals surface area (Å²) in [6.07, 6.45) is 3.85. The maximum Gasteiger partial charge on any atom is 0.323 e. The van der Waals surface area contributed by atoms with Crippen LogP contribution < -0.4 is 16.0 Å². The summed E-state index contributed by atoms with van der Waals surface area (Å²) in [5.74, 6) is -7.05. The number of amides is 8. The van der Waals surface area contributed by atoms with Crippen LogP contribution in [0.15, 0.2) is 12.2 Å². The van der Waals surface area contributed by atoms with Crippen molar-refractivity contribution in [2.45, 2.75) is 177 Å². The van der Waals surface area contributed by atoms with Crippen molar-refractivity contribution in [2.24, 2.45) is 29.6 Å². The molecule has 1 unspecified atom stereocenters. The molecular formula is C49H88N8O11. The van der Waals surface area contributed by atoms with Crippen LogP contribution in [0, 0.1) is 29.6 Å². The van der Waals surface area contributed by atoms with Crippen LogP contribution in [0.3, 0.4) is 0 Å². The zero-order valence-electron chi connectivity index (χ0n) is 44.4. The molecule has 0 aromatic rings. The largest absolute Gasteiger partial charge is 0.480 e. The van der Waals surface area contributed by atoms with Crippen molar-refractivity contribution in [3.63, 3.8) is 0 Å². The van der Waals surface area contributed by atoms with Crippen LogP contribution in [0.5, 0.6) is 0 Å². The van der Waals surface area contributed by atoms with Gasteiger partial charge in [-0.25, -0.2) is 0 Å². The summed E-state index contributed by atoms with van der Waals surface area (Å²) in [5, 5.41) is 28.9. The predicted octanol–water partition coefficient (Wildman–Crippen LogP) is 2.89. The van der Waals surface area contributed by atoms with Gasteiger partial charge in [0.2, 0.25) is 47.3 Å². The van der Waals surface area contributed by atoms with E-state index in [9.17, 15) is 53.4 Å². The lowest BCUT2D eigenvalue weighted by atomic mass is 9.91.